The van der Waals surface area contributed by atoms with E-state index in [1.54, 1.807) is 0 Å². The molecule has 6 heteroatoms. The number of aliphatic hydroxyl groups is 2. The lowest BCUT2D eigenvalue weighted by Gasteiger charge is -2.31. The smallest absolute Gasteiger partial charge is 0.303 e. The van der Waals surface area contributed by atoms with Crippen molar-refractivity contribution in [1.29, 1.82) is 0 Å². The molecule has 0 radical (unpaired) electrons. The molecule has 32 heavy (non-hydrogen) atoms. The summed E-state index contributed by atoms with van der Waals surface area (Å²) >= 11 is 1.51. The lowest BCUT2D eigenvalue weighted by molar-refractivity contribution is -0.137. The molecule has 2 rings (SSSR count). The quantitative estimate of drug-likeness (QED) is 0.266. The number of carboxylic acids is 1. The summed E-state index contributed by atoms with van der Waals surface area (Å²) in [7, 11) is 0. The van der Waals surface area contributed by atoms with Crippen LogP contribution in [0.4, 0.5) is 0 Å². The Labute approximate surface area is 196 Å². The minimum Gasteiger partial charge on any atom is -0.481 e. The zero-order valence-electron chi connectivity index (χ0n) is 19.3. The van der Waals surface area contributed by atoms with Crippen molar-refractivity contribution < 1.29 is 24.9 Å². The molecule has 0 bridgehead atoms. The maximum absolute atomic E-state index is 12.5. The number of ketones is 1. The first kappa shape index (κ1) is 26.6. The van der Waals surface area contributed by atoms with Gasteiger partial charge in [0.2, 0.25) is 0 Å². The number of unbranched alkanes of at least 4 members (excludes halogenated alkanes) is 3. The van der Waals surface area contributed by atoms with E-state index in [0.717, 1.165) is 30.4 Å². The van der Waals surface area contributed by atoms with E-state index in [4.69, 9.17) is 5.11 Å². The fraction of sp³-hybridized carbons (Fsp3) is 0.615. The van der Waals surface area contributed by atoms with Crippen LogP contribution in [0, 0.1) is 12.8 Å². The summed E-state index contributed by atoms with van der Waals surface area (Å²) in [6, 6.07) is 7.98. The molecule has 1 aliphatic rings. The van der Waals surface area contributed by atoms with Crippen LogP contribution in [0.5, 0.6) is 0 Å². The molecule has 0 heterocycles. The Kier molecular flexibility index (Phi) is 11.0. The number of aliphatic carboxylic acids is 1. The first-order valence-electron chi connectivity index (χ1n) is 11.8. The van der Waals surface area contributed by atoms with Crippen molar-refractivity contribution in [2.45, 2.75) is 88.6 Å². The standard InChI is InChI=1S/C26H38O5S/c1-3-4-9-16-26(31,20-14-12-19(2)13-15-20)18-32-25-21(22(27)17-23(25)28)10-7-5-6-8-11-24(29)30/h5,7,12-15,21,23,25,28,31H,3-4,6,8-11,16-18H2,1-2H3,(H,29,30)/t21-,23?,25+,26?/m0/s1. The molecule has 1 fully saturated rings. The predicted molar refractivity (Wildman–Crippen MR) is 130 cm³/mol. The number of allylic oxidation sites excluding steroid dienone is 2. The predicted octanol–water partition coefficient (Wildman–Crippen LogP) is 5.02. The van der Waals surface area contributed by atoms with Gasteiger partial charge >= 0.3 is 5.97 Å². The van der Waals surface area contributed by atoms with Crippen molar-refractivity contribution in [1.82, 2.24) is 0 Å². The summed E-state index contributed by atoms with van der Waals surface area (Å²) in [5, 5.41) is 30.6. The highest BCUT2D eigenvalue weighted by atomic mass is 32.2. The van der Waals surface area contributed by atoms with Gasteiger partial charge in [-0.1, -0.05) is 68.2 Å². The maximum Gasteiger partial charge on any atom is 0.303 e. The van der Waals surface area contributed by atoms with E-state index in [1.807, 2.05) is 43.3 Å². The molecule has 1 aromatic rings. The second-order valence-electron chi connectivity index (χ2n) is 8.97. The Balaban J connectivity index is 2.03. The molecular weight excluding hydrogens is 424 g/mol. The molecule has 3 N–H and O–H groups in total. The largest absolute Gasteiger partial charge is 0.481 e. The number of hydrogen-bond acceptors (Lipinski definition) is 5. The van der Waals surface area contributed by atoms with E-state index in [1.165, 1.54) is 11.8 Å². The molecule has 0 aromatic heterocycles. The topological polar surface area (TPSA) is 94.8 Å². The van der Waals surface area contributed by atoms with Crippen LogP contribution in [0.25, 0.3) is 0 Å². The third-order valence-electron chi connectivity index (χ3n) is 6.22. The van der Waals surface area contributed by atoms with Crippen LogP contribution >= 0.6 is 11.8 Å². The highest BCUT2D eigenvalue weighted by Gasteiger charge is 2.42. The number of benzene rings is 1. The number of Topliss-reactive ketones (excluding diaryl/α,β-unsaturated/α-hetero) is 1. The summed E-state index contributed by atoms with van der Waals surface area (Å²) in [6.07, 6.45) is 8.96. The lowest BCUT2D eigenvalue weighted by atomic mass is 9.89. The Bertz CT molecular complexity index is 760. The van der Waals surface area contributed by atoms with Gasteiger partial charge in [-0.05, 0) is 38.2 Å². The van der Waals surface area contributed by atoms with Gasteiger partial charge < -0.3 is 15.3 Å². The van der Waals surface area contributed by atoms with E-state index >= 15 is 0 Å². The molecule has 0 aliphatic heterocycles. The average molecular weight is 463 g/mol. The van der Waals surface area contributed by atoms with Gasteiger partial charge in [-0.3, -0.25) is 9.59 Å². The number of rotatable bonds is 14. The number of carbonyl (C=O) groups excluding carboxylic acids is 1. The average Bonchev–Trinajstić information content (AvgIpc) is 3.01. The van der Waals surface area contributed by atoms with E-state index in [-0.39, 0.29) is 29.8 Å². The second kappa shape index (κ2) is 13.2. The van der Waals surface area contributed by atoms with Crippen LogP contribution in [0.2, 0.25) is 0 Å². The van der Waals surface area contributed by atoms with Crippen LogP contribution in [-0.2, 0) is 15.2 Å². The van der Waals surface area contributed by atoms with Gasteiger partial charge in [0, 0.05) is 29.8 Å². The lowest BCUT2D eigenvalue weighted by Crippen LogP contribution is -2.32. The Morgan fingerprint density at radius 3 is 2.56 bits per heavy atom. The Morgan fingerprint density at radius 2 is 1.91 bits per heavy atom. The maximum atomic E-state index is 12.5. The van der Waals surface area contributed by atoms with Gasteiger partial charge in [0.05, 0.1) is 11.7 Å². The van der Waals surface area contributed by atoms with Crippen molar-refractivity contribution in [3.63, 3.8) is 0 Å². The fourth-order valence-corrected chi connectivity index (χ4v) is 5.81. The first-order valence-corrected chi connectivity index (χ1v) is 12.8. The third kappa shape index (κ3) is 8.05. The summed E-state index contributed by atoms with van der Waals surface area (Å²) in [4.78, 5) is 23.1. The molecule has 4 atom stereocenters. The highest BCUT2D eigenvalue weighted by molar-refractivity contribution is 8.00. The summed E-state index contributed by atoms with van der Waals surface area (Å²) < 4.78 is 0. The molecule has 2 unspecified atom stereocenters. The van der Waals surface area contributed by atoms with E-state index in [2.05, 4.69) is 6.92 Å². The number of aliphatic hydroxyl groups excluding tert-OH is 1. The van der Waals surface area contributed by atoms with E-state index in [9.17, 15) is 19.8 Å². The zero-order chi connectivity index (χ0) is 23.6. The molecule has 1 aromatic carbocycles. The molecule has 1 saturated carbocycles. The molecule has 0 spiro atoms. The normalized spacial score (nSPS) is 23.0. The van der Waals surface area contributed by atoms with Crippen LogP contribution in [0.3, 0.4) is 0 Å². The monoisotopic (exact) mass is 462 g/mol. The van der Waals surface area contributed by atoms with Crippen molar-refractivity contribution in [2.24, 2.45) is 5.92 Å². The van der Waals surface area contributed by atoms with E-state index in [0.29, 0.717) is 31.4 Å². The SMILES string of the molecule is CCCCCC(O)(CS[C@H]1C(O)CC(=O)[C@@H]1CC=CCCCC(=O)O)c1ccc(C)cc1. The van der Waals surface area contributed by atoms with Crippen molar-refractivity contribution >= 4 is 23.5 Å². The van der Waals surface area contributed by atoms with Gasteiger partial charge in [-0.2, -0.15) is 11.8 Å². The molecular formula is C26H38O5S. The third-order valence-corrected chi connectivity index (χ3v) is 7.89. The Morgan fingerprint density at radius 1 is 1.19 bits per heavy atom. The fourth-order valence-electron chi connectivity index (χ4n) is 4.21. The van der Waals surface area contributed by atoms with Gasteiger partial charge in [0.1, 0.15) is 5.78 Å². The summed E-state index contributed by atoms with van der Waals surface area (Å²) in [6.45, 7) is 4.16. The van der Waals surface area contributed by atoms with E-state index < -0.39 is 17.7 Å². The second-order valence-corrected chi connectivity index (χ2v) is 10.1. The minimum atomic E-state index is -0.990. The van der Waals surface area contributed by atoms with Gasteiger partial charge in [0.15, 0.2) is 0 Å². The summed E-state index contributed by atoms with van der Waals surface area (Å²) in [5.41, 5.74) is 1.04. The van der Waals surface area contributed by atoms with Crippen LogP contribution in [0.1, 0.15) is 75.8 Å². The molecule has 178 valence electrons. The highest BCUT2D eigenvalue weighted by Crippen LogP contribution is 2.40. The zero-order valence-corrected chi connectivity index (χ0v) is 20.2. The Hall–Kier alpha value is -1.63. The van der Waals surface area contributed by atoms with Crippen molar-refractivity contribution in [3.8, 4) is 0 Å². The van der Waals surface area contributed by atoms with Crippen molar-refractivity contribution in [2.75, 3.05) is 5.75 Å². The minimum absolute atomic E-state index is 0.0649. The van der Waals surface area contributed by atoms with Crippen LogP contribution in [0.15, 0.2) is 36.4 Å². The number of carbonyl (C=O) groups is 2. The molecule has 0 amide bonds. The van der Waals surface area contributed by atoms with Crippen LogP contribution < -0.4 is 0 Å². The molecule has 0 saturated heterocycles. The number of hydrogen-bond donors (Lipinski definition) is 3. The molecule has 5 nitrogen and oxygen atoms in total. The summed E-state index contributed by atoms with van der Waals surface area (Å²) in [5.74, 6) is -0.573. The van der Waals surface area contributed by atoms with Crippen LogP contribution in [-0.4, -0.2) is 44.2 Å². The molecule has 1 aliphatic carbocycles. The van der Waals surface area contributed by atoms with Gasteiger partial charge in [-0.15, -0.1) is 0 Å². The first-order chi connectivity index (χ1) is 15.3. The number of thioether (sulfide) groups is 1. The number of carboxylic acid groups (broad SMARTS) is 1. The van der Waals surface area contributed by atoms with Crippen molar-refractivity contribution in [3.05, 3.63) is 47.5 Å². The number of aryl methyl sites for hydroxylation is 1. The van der Waals surface area contributed by atoms with Gasteiger partial charge in [0.25, 0.3) is 0 Å². The van der Waals surface area contributed by atoms with Gasteiger partial charge in [-0.25, -0.2) is 0 Å².